The van der Waals surface area contributed by atoms with Gasteiger partial charge >= 0.3 is 11.9 Å². The second-order valence-electron chi connectivity index (χ2n) is 15.4. The van der Waals surface area contributed by atoms with E-state index < -0.39 is 44.7 Å². The van der Waals surface area contributed by atoms with Crippen molar-refractivity contribution in [3.63, 3.8) is 0 Å². The molecular weight excluding hydrogens is 733 g/mol. The first-order valence-electron chi connectivity index (χ1n) is 21.2. The molecule has 324 valence electrons. The van der Waals surface area contributed by atoms with Crippen LogP contribution >= 0.6 is 7.82 Å². The lowest BCUT2D eigenvalue weighted by atomic mass is 10.1. The molecule has 11 nitrogen and oxygen atoms in total. The molecule has 0 amide bonds. The van der Waals surface area contributed by atoms with Crippen LogP contribution in [0, 0.1) is 0 Å². The van der Waals surface area contributed by atoms with Crippen LogP contribution in [0.25, 0.3) is 0 Å². The highest BCUT2D eigenvalue weighted by molar-refractivity contribution is 7.45. The molecule has 0 aliphatic heterocycles. The van der Waals surface area contributed by atoms with Crippen molar-refractivity contribution in [3.8, 4) is 0 Å². The number of esters is 2. The second kappa shape index (κ2) is 35.8. The van der Waals surface area contributed by atoms with E-state index in [1.807, 2.05) is 27.2 Å². The molecule has 0 fully saturated rings. The number of phosphoric acid groups is 1. The van der Waals surface area contributed by atoms with Crippen molar-refractivity contribution < 1.29 is 52.3 Å². The number of nitrogens with zero attached hydrogens (tertiary/aromatic N) is 1. The summed E-state index contributed by atoms with van der Waals surface area (Å²) >= 11 is 0. The number of allylic oxidation sites excluding steroid dienone is 7. The van der Waals surface area contributed by atoms with Crippen LogP contribution in [0.3, 0.4) is 0 Å². The predicted molar refractivity (Wildman–Crippen MR) is 225 cm³/mol. The third-order valence-electron chi connectivity index (χ3n) is 8.70. The van der Waals surface area contributed by atoms with Crippen molar-refractivity contribution in [2.75, 3.05) is 47.5 Å². The highest BCUT2D eigenvalue weighted by Crippen LogP contribution is 2.38. The molecule has 0 aromatic heterocycles. The average molecular weight is 812 g/mol. The summed E-state index contributed by atoms with van der Waals surface area (Å²) in [7, 11) is 0.996. The SMILES string of the molecule is CCCCC/C=C\C[C@H](O)/C=C/C=C/C=C\[C@H](O)CCCC(=O)O[C@H](COC(=O)CCCCCCC/C=C\CCCCCC)COP(=O)([O-])OCC[N+](C)(C)C. The minimum atomic E-state index is -4.70. The summed E-state index contributed by atoms with van der Waals surface area (Å²) in [6, 6.07) is 0. The van der Waals surface area contributed by atoms with Gasteiger partial charge in [0.1, 0.15) is 19.8 Å². The monoisotopic (exact) mass is 812 g/mol. The normalized spacial score (nSPS) is 15.4. The first-order valence-corrected chi connectivity index (χ1v) is 22.7. The number of aliphatic hydroxyl groups is 2. The van der Waals surface area contributed by atoms with Gasteiger partial charge in [0.05, 0.1) is 40.0 Å². The van der Waals surface area contributed by atoms with E-state index in [4.69, 9.17) is 18.5 Å². The largest absolute Gasteiger partial charge is 0.756 e. The van der Waals surface area contributed by atoms with Crippen LogP contribution in [0.2, 0.25) is 0 Å². The van der Waals surface area contributed by atoms with Gasteiger partial charge in [0.25, 0.3) is 7.82 Å². The Bertz CT molecular complexity index is 1180. The molecule has 0 rings (SSSR count). The lowest BCUT2D eigenvalue weighted by Gasteiger charge is -2.28. The molecule has 56 heavy (non-hydrogen) atoms. The quantitative estimate of drug-likeness (QED) is 0.0155. The molecule has 0 heterocycles. The van der Waals surface area contributed by atoms with Crippen molar-refractivity contribution in [1.29, 1.82) is 0 Å². The van der Waals surface area contributed by atoms with Gasteiger partial charge in [0.2, 0.25) is 0 Å². The van der Waals surface area contributed by atoms with Crippen LogP contribution in [0.4, 0.5) is 0 Å². The molecule has 0 bridgehead atoms. The van der Waals surface area contributed by atoms with Gasteiger partial charge in [0, 0.05) is 12.8 Å². The first kappa shape index (κ1) is 53.6. The fourth-order valence-electron chi connectivity index (χ4n) is 5.25. The number of likely N-dealkylation sites (N-methyl/N-ethyl adjacent to an activating group) is 1. The molecule has 0 saturated carbocycles. The maximum absolute atomic E-state index is 12.7. The maximum Gasteiger partial charge on any atom is 0.306 e. The molecule has 12 heteroatoms. The van der Waals surface area contributed by atoms with Crippen LogP contribution in [-0.4, -0.2) is 92.5 Å². The topological polar surface area (TPSA) is 152 Å². The van der Waals surface area contributed by atoms with Crippen LogP contribution < -0.4 is 4.89 Å². The number of hydrogen-bond acceptors (Lipinski definition) is 10. The fraction of sp³-hybridized carbons (Fsp3) is 0.727. The molecule has 0 spiro atoms. The van der Waals surface area contributed by atoms with Gasteiger partial charge in [-0.2, -0.15) is 0 Å². The number of unbranched alkanes of at least 4 members (excludes halogenated alkanes) is 12. The number of ether oxygens (including phenoxy) is 2. The van der Waals surface area contributed by atoms with Crippen molar-refractivity contribution in [1.82, 2.24) is 0 Å². The Kier molecular flexibility index (Phi) is 34.3. The van der Waals surface area contributed by atoms with Gasteiger partial charge < -0.3 is 38.1 Å². The predicted octanol–water partition coefficient (Wildman–Crippen LogP) is 8.99. The van der Waals surface area contributed by atoms with Crippen molar-refractivity contribution in [3.05, 3.63) is 60.8 Å². The first-order chi connectivity index (χ1) is 26.8. The van der Waals surface area contributed by atoms with Crippen LogP contribution in [0.15, 0.2) is 60.8 Å². The number of rotatable bonds is 37. The van der Waals surface area contributed by atoms with E-state index in [0.717, 1.165) is 44.9 Å². The summed E-state index contributed by atoms with van der Waals surface area (Å²) in [5, 5.41) is 20.3. The summed E-state index contributed by atoms with van der Waals surface area (Å²) in [6.45, 7) is 3.83. The molecule has 2 N–H and O–H groups in total. The summed E-state index contributed by atoms with van der Waals surface area (Å²) < 4.78 is 33.6. The molecule has 0 aromatic rings. The second-order valence-corrected chi connectivity index (χ2v) is 16.8. The van der Waals surface area contributed by atoms with E-state index in [-0.39, 0.29) is 26.1 Å². The number of carbonyl (C=O) groups is 2. The lowest BCUT2D eigenvalue weighted by molar-refractivity contribution is -0.870. The molecule has 0 saturated heterocycles. The molecule has 0 aromatic carbocycles. The summed E-state index contributed by atoms with van der Waals surface area (Å²) in [6.07, 6.45) is 34.5. The third-order valence-corrected chi connectivity index (χ3v) is 9.66. The molecular formula is C44H78NO10P. The Balaban J connectivity index is 4.69. The number of quaternary nitrogens is 1. The number of aliphatic hydroxyl groups excluding tert-OH is 2. The van der Waals surface area contributed by atoms with Crippen LogP contribution in [0.5, 0.6) is 0 Å². The van der Waals surface area contributed by atoms with Gasteiger partial charge in [0.15, 0.2) is 6.10 Å². The Labute approximate surface area is 340 Å². The highest BCUT2D eigenvalue weighted by Gasteiger charge is 2.22. The molecule has 0 aliphatic carbocycles. The van der Waals surface area contributed by atoms with Crippen LogP contribution in [-0.2, 0) is 32.7 Å². The van der Waals surface area contributed by atoms with E-state index in [1.165, 1.54) is 44.9 Å². The van der Waals surface area contributed by atoms with E-state index in [1.54, 1.807) is 36.5 Å². The van der Waals surface area contributed by atoms with Crippen LogP contribution in [0.1, 0.15) is 142 Å². The van der Waals surface area contributed by atoms with Crippen molar-refractivity contribution in [2.24, 2.45) is 0 Å². The lowest BCUT2D eigenvalue weighted by Crippen LogP contribution is -2.37. The Morgan fingerprint density at radius 3 is 1.84 bits per heavy atom. The summed E-state index contributed by atoms with van der Waals surface area (Å²) in [5.41, 5.74) is 0. The van der Waals surface area contributed by atoms with Gasteiger partial charge in [-0.15, -0.1) is 0 Å². The summed E-state index contributed by atoms with van der Waals surface area (Å²) in [4.78, 5) is 37.5. The third kappa shape index (κ3) is 38.5. The van der Waals surface area contributed by atoms with E-state index in [9.17, 15) is 29.3 Å². The Morgan fingerprint density at radius 2 is 1.20 bits per heavy atom. The van der Waals surface area contributed by atoms with E-state index >= 15 is 0 Å². The van der Waals surface area contributed by atoms with Crippen molar-refractivity contribution >= 4 is 19.8 Å². The fourth-order valence-corrected chi connectivity index (χ4v) is 5.98. The minimum Gasteiger partial charge on any atom is -0.756 e. The van der Waals surface area contributed by atoms with Gasteiger partial charge in [-0.05, 0) is 64.2 Å². The van der Waals surface area contributed by atoms with Gasteiger partial charge in [-0.25, -0.2) is 0 Å². The van der Waals surface area contributed by atoms with Crippen molar-refractivity contribution in [2.45, 2.75) is 161 Å². The number of phosphoric ester groups is 1. The van der Waals surface area contributed by atoms with Gasteiger partial charge in [-0.3, -0.25) is 14.2 Å². The highest BCUT2D eigenvalue weighted by atomic mass is 31.2. The zero-order valence-electron chi connectivity index (χ0n) is 35.5. The zero-order chi connectivity index (χ0) is 41.8. The summed E-state index contributed by atoms with van der Waals surface area (Å²) in [5.74, 6) is -1.09. The van der Waals surface area contributed by atoms with Gasteiger partial charge in [-0.1, -0.05) is 126 Å². The molecule has 1 unspecified atom stereocenters. The maximum atomic E-state index is 12.7. The Morgan fingerprint density at radius 1 is 0.661 bits per heavy atom. The van der Waals surface area contributed by atoms with E-state index in [0.29, 0.717) is 36.7 Å². The number of hydrogen-bond donors (Lipinski definition) is 2. The molecule has 4 atom stereocenters. The zero-order valence-corrected chi connectivity index (χ0v) is 36.4. The average Bonchev–Trinajstić information content (AvgIpc) is 3.13. The Hall–Kier alpha value is -2.37. The number of carbonyl (C=O) groups excluding carboxylic acids is 2. The molecule has 0 aliphatic rings. The van der Waals surface area contributed by atoms with E-state index in [2.05, 4.69) is 32.1 Å². The standard InChI is InChI=1S/C44H78NO10P/c1-6-8-10-12-14-15-16-17-18-19-20-22-28-34-43(48)52-38-42(39-54-56(50,51)53-37-36-45(3,4)5)55-44(49)35-29-33-41(47)32-27-24-23-26-31-40(46)30-25-21-13-11-9-7-2/h15-16,21,23-27,31-32,40-42,46-47H,6-14,17-20,22,28-30,33-39H2,1-5H3/b16-15-,24-23+,25-21-,31-26+,32-27-/t40-,41-,42+/m0/s1. The minimum absolute atomic E-state index is 0.0390. The smallest absolute Gasteiger partial charge is 0.306 e. The molecule has 0 radical (unpaired) electrons.